The molecule has 0 aromatic heterocycles. The van der Waals surface area contributed by atoms with Gasteiger partial charge in [0.1, 0.15) is 0 Å². The van der Waals surface area contributed by atoms with Gasteiger partial charge in [-0.15, -0.1) is 11.8 Å². The molecule has 0 unspecified atom stereocenters. The highest BCUT2D eigenvalue weighted by Crippen LogP contribution is 2.37. The van der Waals surface area contributed by atoms with Crippen molar-refractivity contribution in [3.8, 4) is 0 Å². The number of nitrogens with zero attached hydrogens (tertiary/aromatic N) is 1. The number of carbonyl (C=O) groups is 2. The third-order valence-corrected chi connectivity index (χ3v) is 6.16. The van der Waals surface area contributed by atoms with Gasteiger partial charge in [-0.05, 0) is 43.0 Å². The molecule has 3 aromatic carbocycles. The van der Waals surface area contributed by atoms with Crippen LogP contribution in [0.4, 0.5) is 5.69 Å². The van der Waals surface area contributed by atoms with Crippen molar-refractivity contribution < 1.29 is 9.59 Å². The summed E-state index contributed by atoms with van der Waals surface area (Å²) in [5.41, 5.74) is 2.96. The predicted molar refractivity (Wildman–Crippen MR) is 120 cm³/mol. The quantitative estimate of drug-likeness (QED) is 0.433. The van der Waals surface area contributed by atoms with E-state index in [1.807, 2.05) is 36.4 Å². The molecule has 4 nitrogen and oxygen atoms in total. The summed E-state index contributed by atoms with van der Waals surface area (Å²) in [6.07, 6.45) is 1.07. The second kappa shape index (κ2) is 8.70. The van der Waals surface area contributed by atoms with Crippen molar-refractivity contribution in [3.63, 3.8) is 0 Å². The Balaban J connectivity index is 1.22. The number of thioether (sulfide) groups is 1. The van der Waals surface area contributed by atoms with Crippen molar-refractivity contribution >= 4 is 40.0 Å². The summed E-state index contributed by atoms with van der Waals surface area (Å²) in [6.45, 7) is 3.27. The average Bonchev–Trinajstić information content (AvgIpc) is 3.01. The summed E-state index contributed by atoms with van der Waals surface area (Å²) in [6, 6.07) is 20.2. The molecule has 0 saturated carbocycles. The Kier molecular flexibility index (Phi) is 5.86. The number of benzene rings is 3. The lowest BCUT2D eigenvalue weighted by atomic mass is 10.1. The Hall–Kier alpha value is -2.79. The monoisotopic (exact) mass is 404 g/mol. The van der Waals surface area contributed by atoms with Gasteiger partial charge in [0.05, 0.1) is 5.69 Å². The van der Waals surface area contributed by atoms with E-state index >= 15 is 0 Å². The molecule has 148 valence electrons. The van der Waals surface area contributed by atoms with Crippen molar-refractivity contribution in [1.82, 2.24) is 5.32 Å². The van der Waals surface area contributed by atoms with Crippen LogP contribution in [0.15, 0.2) is 65.6 Å². The third kappa shape index (κ3) is 4.30. The van der Waals surface area contributed by atoms with Gasteiger partial charge in [-0.1, -0.05) is 42.0 Å². The van der Waals surface area contributed by atoms with Crippen LogP contribution in [0.3, 0.4) is 0 Å². The first-order chi connectivity index (χ1) is 14.1. The first-order valence-electron chi connectivity index (χ1n) is 9.93. The second-order valence-electron chi connectivity index (χ2n) is 7.25. The van der Waals surface area contributed by atoms with Crippen molar-refractivity contribution in [2.24, 2.45) is 0 Å². The van der Waals surface area contributed by atoms with Gasteiger partial charge in [0.25, 0.3) is 5.91 Å². The van der Waals surface area contributed by atoms with Crippen LogP contribution >= 0.6 is 11.8 Å². The van der Waals surface area contributed by atoms with Crippen molar-refractivity contribution in [2.75, 3.05) is 23.7 Å². The number of rotatable bonds is 8. The lowest BCUT2D eigenvalue weighted by Gasteiger charge is -2.17. The molecule has 0 atom stereocenters. The van der Waals surface area contributed by atoms with Gasteiger partial charge >= 0.3 is 0 Å². The summed E-state index contributed by atoms with van der Waals surface area (Å²) in [5.74, 6) is 0.917. The van der Waals surface area contributed by atoms with Crippen LogP contribution in [0.2, 0.25) is 0 Å². The zero-order chi connectivity index (χ0) is 20.2. The van der Waals surface area contributed by atoms with E-state index in [-0.39, 0.29) is 11.8 Å². The molecule has 5 heteroatoms. The van der Waals surface area contributed by atoms with Crippen LogP contribution in [0.5, 0.6) is 0 Å². The number of hydrogen-bond donors (Lipinski definition) is 1. The molecule has 3 aromatic rings. The van der Waals surface area contributed by atoms with Gasteiger partial charge in [-0.3, -0.25) is 9.59 Å². The number of hydrogen-bond acceptors (Lipinski definition) is 3. The minimum atomic E-state index is 0.0340. The zero-order valence-electron chi connectivity index (χ0n) is 16.5. The van der Waals surface area contributed by atoms with Crippen molar-refractivity contribution in [2.45, 2.75) is 24.7 Å². The molecule has 0 spiro atoms. The predicted octanol–water partition coefficient (Wildman–Crippen LogP) is 4.80. The number of anilines is 1. The first kappa shape index (κ1) is 19.5. The molecule has 0 radical (unpaired) electrons. The molecular formula is C24H24N2O2S. The summed E-state index contributed by atoms with van der Waals surface area (Å²) in [5, 5.41) is 5.08. The molecule has 2 amide bonds. The van der Waals surface area contributed by atoms with E-state index in [9.17, 15) is 9.59 Å². The molecule has 0 aliphatic carbocycles. The van der Waals surface area contributed by atoms with Gasteiger partial charge in [0.15, 0.2) is 0 Å². The van der Waals surface area contributed by atoms with Gasteiger partial charge in [-0.2, -0.15) is 0 Å². The smallest absolute Gasteiger partial charge is 0.258 e. The van der Waals surface area contributed by atoms with E-state index in [4.69, 9.17) is 0 Å². The SMILES string of the molecule is Cc1ccc(SCCNC(=O)CCCN2C(=O)c3cccc4cccc2c34)cc1. The molecule has 0 fully saturated rings. The molecule has 0 bridgehead atoms. The fourth-order valence-electron chi connectivity index (χ4n) is 3.68. The Morgan fingerprint density at radius 1 is 1.03 bits per heavy atom. The maximum Gasteiger partial charge on any atom is 0.258 e. The number of carbonyl (C=O) groups excluding carboxylic acids is 2. The molecule has 0 saturated heterocycles. The summed E-state index contributed by atoms with van der Waals surface area (Å²) >= 11 is 1.74. The van der Waals surface area contributed by atoms with Crippen LogP contribution in [0.1, 0.15) is 28.8 Å². The fourth-order valence-corrected chi connectivity index (χ4v) is 4.45. The number of aryl methyl sites for hydroxylation is 1. The Morgan fingerprint density at radius 3 is 2.59 bits per heavy atom. The second-order valence-corrected chi connectivity index (χ2v) is 8.42. The van der Waals surface area contributed by atoms with Gasteiger partial charge in [-0.25, -0.2) is 0 Å². The van der Waals surface area contributed by atoms with Crippen LogP contribution in [-0.4, -0.2) is 30.7 Å². The normalized spacial score (nSPS) is 12.6. The summed E-state index contributed by atoms with van der Waals surface area (Å²) in [4.78, 5) is 27.9. The molecule has 4 rings (SSSR count). The van der Waals surface area contributed by atoms with E-state index < -0.39 is 0 Å². The lowest BCUT2D eigenvalue weighted by Crippen LogP contribution is -2.30. The maximum absolute atomic E-state index is 12.7. The largest absolute Gasteiger partial charge is 0.355 e. The Labute approximate surface area is 175 Å². The Bertz CT molecular complexity index is 1040. The topological polar surface area (TPSA) is 49.4 Å². The third-order valence-electron chi connectivity index (χ3n) is 5.15. The van der Waals surface area contributed by atoms with Gasteiger partial charge in [0, 0.05) is 41.1 Å². The number of amides is 2. The standard InChI is InChI=1S/C24H24N2O2S/c1-17-10-12-19(13-11-17)29-16-14-25-22(27)9-4-15-26-21-8-3-6-18-5-2-7-20(23(18)21)24(26)28/h2-3,5-8,10-13H,4,9,14-16H2,1H3,(H,25,27). The zero-order valence-corrected chi connectivity index (χ0v) is 17.3. The van der Waals surface area contributed by atoms with Crippen LogP contribution in [0.25, 0.3) is 10.8 Å². The maximum atomic E-state index is 12.7. The molecule has 1 N–H and O–H groups in total. The minimum Gasteiger partial charge on any atom is -0.355 e. The summed E-state index contributed by atoms with van der Waals surface area (Å²) in [7, 11) is 0. The molecule has 1 heterocycles. The van der Waals surface area contributed by atoms with E-state index in [2.05, 4.69) is 36.5 Å². The first-order valence-corrected chi connectivity index (χ1v) is 10.9. The highest BCUT2D eigenvalue weighted by molar-refractivity contribution is 7.99. The van der Waals surface area contributed by atoms with Gasteiger partial charge in [0.2, 0.25) is 5.91 Å². The Morgan fingerprint density at radius 2 is 1.79 bits per heavy atom. The molecular weight excluding hydrogens is 380 g/mol. The van der Waals surface area contributed by atoms with Crippen LogP contribution < -0.4 is 10.2 Å². The highest BCUT2D eigenvalue weighted by atomic mass is 32.2. The highest BCUT2D eigenvalue weighted by Gasteiger charge is 2.28. The lowest BCUT2D eigenvalue weighted by molar-refractivity contribution is -0.121. The van der Waals surface area contributed by atoms with E-state index in [0.717, 1.165) is 27.8 Å². The van der Waals surface area contributed by atoms with Crippen LogP contribution in [-0.2, 0) is 4.79 Å². The van der Waals surface area contributed by atoms with E-state index in [1.54, 1.807) is 16.7 Å². The molecule has 1 aliphatic rings. The fraction of sp³-hybridized carbons (Fsp3) is 0.250. The van der Waals surface area contributed by atoms with E-state index in [1.165, 1.54) is 10.5 Å². The minimum absolute atomic E-state index is 0.0340. The van der Waals surface area contributed by atoms with Crippen LogP contribution in [0, 0.1) is 6.92 Å². The number of nitrogens with one attached hydrogen (secondary N) is 1. The van der Waals surface area contributed by atoms with Crippen molar-refractivity contribution in [1.29, 1.82) is 0 Å². The molecule has 1 aliphatic heterocycles. The average molecular weight is 405 g/mol. The van der Waals surface area contributed by atoms with E-state index in [0.29, 0.717) is 25.9 Å². The van der Waals surface area contributed by atoms with Crippen molar-refractivity contribution in [3.05, 3.63) is 71.8 Å². The van der Waals surface area contributed by atoms with Gasteiger partial charge < -0.3 is 10.2 Å². The summed E-state index contributed by atoms with van der Waals surface area (Å²) < 4.78 is 0. The molecule has 29 heavy (non-hydrogen) atoms.